The van der Waals surface area contributed by atoms with Crippen LogP contribution in [0.5, 0.6) is 0 Å². The summed E-state index contributed by atoms with van der Waals surface area (Å²) in [5.74, 6) is 1.96. The zero-order valence-electron chi connectivity index (χ0n) is 11.2. The maximum absolute atomic E-state index is 2.53. The van der Waals surface area contributed by atoms with E-state index in [1.165, 1.54) is 31.2 Å². The monoisotopic (exact) mass is 226 g/mol. The molecule has 2 fully saturated rings. The van der Waals surface area contributed by atoms with Gasteiger partial charge >= 0.3 is 0 Å². The van der Waals surface area contributed by atoms with Crippen LogP contribution in [0.1, 0.15) is 49.8 Å². The number of fused-ring (bicyclic) bond motifs is 4. The molecule has 0 N–H and O–H groups in total. The number of hydrogen-bond acceptors (Lipinski definition) is 0. The minimum absolute atomic E-state index is 0.601. The molecule has 0 radical (unpaired) electrons. The predicted molar refractivity (Wildman–Crippen MR) is 71.2 cm³/mol. The van der Waals surface area contributed by atoms with Crippen LogP contribution in [-0.4, -0.2) is 0 Å². The van der Waals surface area contributed by atoms with E-state index >= 15 is 0 Å². The molecule has 0 aromatic heterocycles. The van der Waals surface area contributed by atoms with Crippen LogP contribution in [-0.2, 0) is 11.8 Å². The van der Waals surface area contributed by atoms with Crippen LogP contribution in [0.25, 0.3) is 0 Å². The highest BCUT2D eigenvalue weighted by Gasteiger charge is 2.69. The van der Waals surface area contributed by atoms with Crippen LogP contribution in [0.2, 0.25) is 0 Å². The zero-order valence-corrected chi connectivity index (χ0v) is 11.2. The van der Waals surface area contributed by atoms with Crippen LogP contribution < -0.4 is 0 Å². The van der Waals surface area contributed by atoms with Crippen LogP contribution in [0.3, 0.4) is 0 Å². The maximum atomic E-state index is 2.53. The molecule has 0 amide bonds. The summed E-state index contributed by atoms with van der Waals surface area (Å²) >= 11 is 0. The topological polar surface area (TPSA) is 0 Å². The summed E-state index contributed by atoms with van der Waals surface area (Å²) in [7, 11) is 0. The molecular formula is C17H22. The van der Waals surface area contributed by atoms with Crippen molar-refractivity contribution in [2.45, 2.75) is 51.9 Å². The largest absolute Gasteiger partial charge is 0.0620 e. The third-order valence-corrected chi connectivity index (χ3v) is 6.51. The molecule has 1 aromatic rings. The smallest absolute Gasteiger partial charge is 0.000210 e. The molecule has 0 saturated heterocycles. The van der Waals surface area contributed by atoms with Gasteiger partial charge in [0.05, 0.1) is 0 Å². The number of benzene rings is 1. The van der Waals surface area contributed by atoms with Crippen molar-refractivity contribution in [3.63, 3.8) is 0 Å². The Morgan fingerprint density at radius 3 is 2.76 bits per heavy atom. The molecule has 0 bridgehead atoms. The second-order valence-electron chi connectivity index (χ2n) is 7.19. The fraction of sp³-hybridized carbons (Fsp3) is 0.647. The summed E-state index contributed by atoms with van der Waals surface area (Å²) in [4.78, 5) is 0. The summed E-state index contributed by atoms with van der Waals surface area (Å²) < 4.78 is 0. The first-order valence-corrected chi connectivity index (χ1v) is 7.16. The van der Waals surface area contributed by atoms with Gasteiger partial charge < -0.3 is 0 Å². The Balaban J connectivity index is 1.77. The van der Waals surface area contributed by atoms with E-state index in [1.807, 2.05) is 0 Å². The van der Waals surface area contributed by atoms with Crippen molar-refractivity contribution in [1.29, 1.82) is 0 Å². The van der Waals surface area contributed by atoms with E-state index in [2.05, 4.69) is 39.0 Å². The van der Waals surface area contributed by atoms with Crippen molar-refractivity contribution >= 4 is 0 Å². The van der Waals surface area contributed by atoms with Crippen molar-refractivity contribution in [3.05, 3.63) is 34.9 Å². The van der Waals surface area contributed by atoms with Crippen molar-refractivity contribution in [3.8, 4) is 0 Å². The summed E-state index contributed by atoms with van der Waals surface area (Å²) in [6.45, 7) is 7.21. The Morgan fingerprint density at radius 1 is 1.29 bits per heavy atom. The van der Waals surface area contributed by atoms with Gasteiger partial charge in [-0.2, -0.15) is 0 Å². The summed E-state index contributed by atoms with van der Waals surface area (Å²) in [5, 5.41) is 0. The molecule has 2 saturated carbocycles. The Morgan fingerprint density at radius 2 is 2.12 bits per heavy atom. The molecule has 1 spiro atoms. The van der Waals surface area contributed by atoms with E-state index in [-0.39, 0.29) is 0 Å². The third-order valence-electron chi connectivity index (χ3n) is 6.51. The van der Waals surface area contributed by atoms with Crippen LogP contribution in [0.15, 0.2) is 18.2 Å². The standard InChI is InChI=1S/C17H22/c1-11-4-5-14-13(8-11)6-7-17(14)10-16(3)12(2)9-15(16)17/h4-5,8,12,15H,6-7,9-10H2,1-3H3/t12-,15?,16+,17-/m0/s1. The first-order valence-electron chi connectivity index (χ1n) is 7.16. The van der Waals surface area contributed by atoms with Crippen molar-refractivity contribution < 1.29 is 0 Å². The lowest BCUT2D eigenvalue weighted by Gasteiger charge is -2.72. The van der Waals surface area contributed by atoms with Crippen molar-refractivity contribution in [2.75, 3.05) is 0 Å². The summed E-state index contributed by atoms with van der Waals surface area (Å²) in [6, 6.07) is 7.20. The molecule has 90 valence electrons. The Labute approximate surface area is 104 Å². The molecule has 3 aliphatic rings. The number of hydrogen-bond donors (Lipinski definition) is 0. The lowest BCUT2D eigenvalue weighted by atomic mass is 9.32. The van der Waals surface area contributed by atoms with Gasteiger partial charge in [0.15, 0.2) is 0 Å². The molecule has 0 nitrogen and oxygen atoms in total. The Kier molecular flexibility index (Phi) is 1.67. The molecule has 0 aliphatic heterocycles. The van der Waals surface area contributed by atoms with Gasteiger partial charge in [0, 0.05) is 0 Å². The minimum Gasteiger partial charge on any atom is -0.0620 e. The van der Waals surface area contributed by atoms with Crippen molar-refractivity contribution in [1.82, 2.24) is 0 Å². The SMILES string of the molecule is Cc1ccc2c(c1)CC[C@]21C[C@@]2(C)C1C[C@@H]2C. The van der Waals surface area contributed by atoms with Crippen molar-refractivity contribution in [2.24, 2.45) is 17.3 Å². The summed E-state index contributed by atoms with van der Waals surface area (Å²) in [5.41, 5.74) is 6.10. The zero-order chi connectivity index (χ0) is 11.8. The highest BCUT2D eigenvalue weighted by Crippen LogP contribution is 2.75. The fourth-order valence-corrected chi connectivity index (χ4v) is 5.35. The third kappa shape index (κ3) is 0.975. The second kappa shape index (κ2) is 2.79. The van der Waals surface area contributed by atoms with Gasteiger partial charge in [-0.05, 0) is 66.4 Å². The Hall–Kier alpha value is -0.780. The van der Waals surface area contributed by atoms with Gasteiger partial charge in [-0.15, -0.1) is 0 Å². The van der Waals surface area contributed by atoms with E-state index < -0.39 is 0 Å². The van der Waals surface area contributed by atoms with Gasteiger partial charge in [-0.1, -0.05) is 37.6 Å². The molecule has 17 heavy (non-hydrogen) atoms. The van der Waals surface area contributed by atoms with E-state index in [1.54, 1.807) is 11.1 Å². The van der Waals surface area contributed by atoms with E-state index in [0.717, 1.165) is 11.8 Å². The molecule has 3 aliphatic carbocycles. The van der Waals surface area contributed by atoms with Gasteiger partial charge in [0.1, 0.15) is 0 Å². The van der Waals surface area contributed by atoms with Crippen LogP contribution >= 0.6 is 0 Å². The summed E-state index contributed by atoms with van der Waals surface area (Å²) in [6.07, 6.45) is 5.70. The predicted octanol–water partition coefficient (Wildman–Crippen LogP) is 4.25. The molecule has 4 rings (SSSR count). The minimum atomic E-state index is 0.601. The average Bonchev–Trinajstić information content (AvgIpc) is 2.66. The fourth-order valence-electron chi connectivity index (χ4n) is 5.35. The lowest BCUT2D eigenvalue weighted by Crippen LogP contribution is -2.66. The first kappa shape index (κ1) is 10.2. The molecule has 1 aromatic carbocycles. The van der Waals surface area contributed by atoms with Gasteiger partial charge in [-0.3, -0.25) is 0 Å². The van der Waals surface area contributed by atoms with Crippen LogP contribution in [0.4, 0.5) is 0 Å². The second-order valence-corrected chi connectivity index (χ2v) is 7.19. The molecule has 1 unspecified atom stereocenters. The highest BCUT2D eigenvalue weighted by molar-refractivity contribution is 5.47. The normalized spacial score (nSPS) is 46.1. The van der Waals surface area contributed by atoms with Gasteiger partial charge in [-0.25, -0.2) is 0 Å². The molecular weight excluding hydrogens is 204 g/mol. The van der Waals surface area contributed by atoms with E-state index in [4.69, 9.17) is 0 Å². The molecule has 0 heteroatoms. The molecule has 0 heterocycles. The molecule has 4 atom stereocenters. The van der Waals surface area contributed by atoms with E-state index in [0.29, 0.717) is 10.8 Å². The quantitative estimate of drug-likeness (QED) is 0.620. The van der Waals surface area contributed by atoms with Crippen LogP contribution in [0, 0.1) is 24.2 Å². The Bertz CT molecular complexity index is 501. The number of rotatable bonds is 0. The maximum Gasteiger partial charge on any atom is -0.000210 e. The lowest BCUT2D eigenvalue weighted by molar-refractivity contribution is -0.190. The van der Waals surface area contributed by atoms with E-state index in [9.17, 15) is 0 Å². The first-order chi connectivity index (χ1) is 8.06. The average molecular weight is 226 g/mol. The van der Waals surface area contributed by atoms with Gasteiger partial charge in [0.25, 0.3) is 0 Å². The highest BCUT2D eigenvalue weighted by atomic mass is 14.7. The van der Waals surface area contributed by atoms with Gasteiger partial charge in [0.2, 0.25) is 0 Å². The number of aryl methyl sites for hydroxylation is 2.